The van der Waals surface area contributed by atoms with Gasteiger partial charge in [0.05, 0.1) is 12.6 Å². The van der Waals surface area contributed by atoms with Crippen LogP contribution in [0.4, 0.5) is 10.1 Å². The number of aliphatic hydroxyl groups excluding tert-OH is 1. The van der Waals surface area contributed by atoms with Gasteiger partial charge >= 0.3 is 0 Å². The van der Waals surface area contributed by atoms with Crippen molar-refractivity contribution in [1.29, 1.82) is 0 Å². The summed E-state index contributed by atoms with van der Waals surface area (Å²) in [4.78, 5) is 28.8. The van der Waals surface area contributed by atoms with Crippen LogP contribution < -0.4 is 10.6 Å². The molecular formula is C23H33FN4O3. The summed E-state index contributed by atoms with van der Waals surface area (Å²) >= 11 is 0. The molecule has 1 unspecified atom stereocenters. The monoisotopic (exact) mass is 432 g/mol. The molecule has 3 N–H and O–H groups in total. The van der Waals surface area contributed by atoms with Crippen molar-refractivity contribution >= 4 is 17.5 Å². The Hall–Kier alpha value is -2.19. The van der Waals surface area contributed by atoms with E-state index in [-0.39, 0.29) is 36.3 Å². The van der Waals surface area contributed by atoms with Crippen LogP contribution in [0.1, 0.15) is 43.7 Å². The van der Waals surface area contributed by atoms with Crippen LogP contribution in [0.25, 0.3) is 0 Å². The van der Waals surface area contributed by atoms with Crippen LogP contribution in [-0.2, 0) is 16.0 Å². The number of fused-ring (bicyclic) bond motifs is 1. The van der Waals surface area contributed by atoms with E-state index in [0.29, 0.717) is 31.1 Å². The van der Waals surface area contributed by atoms with Crippen molar-refractivity contribution in [1.82, 2.24) is 15.1 Å². The molecule has 0 bridgehead atoms. The minimum absolute atomic E-state index is 0.00391. The quantitative estimate of drug-likeness (QED) is 0.670. The Morgan fingerprint density at radius 1 is 1.29 bits per heavy atom. The van der Waals surface area contributed by atoms with Gasteiger partial charge in [-0.25, -0.2) is 4.39 Å². The number of anilines is 1. The van der Waals surface area contributed by atoms with Gasteiger partial charge in [0.2, 0.25) is 11.8 Å². The fraction of sp³-hybridized carbons (Fsp3) is 0.652. The second kappa shape index (κ2) is 9.12. The van der Waals surface area contributed by atoms with Crippen molar-refractivity contribution in [3.63, 3.8) is 0 Å². The Labute approximate surface area is 183 Å². The van der Waals surface area contributed by atoms with Crippen LogP contribution in [0.5, 0.6) is 0 Å². The first-order valence-corrected chi connectivity index (χ1v) is 11.3. The van der Waals surface area contributed by atoms with Crippen LogP contribution in [0.2, 0.25) is 0 Å². The number of hydrogen-bond donors (Lipinski definition) is 3. The summed E-state index contributed by atoms with van der Waals surface area (Å²) in [5.74, 6) is -0.330. The maximum Gasteiger partial charge on any atom is 0.243 e. The van der Waals surface area contributed by atoms with Gasteiger partial charge in [-0.3, -0.25) is 14.5 Å². The molecule has 0 spiro atoms. The van der Waals surface area contributed by atoms with Crippen LogP contribution >= 0.6 is 0 Å². The number of rotatable bonds is 4. The molecule has 31 heavy (non-hydrogen) atoms. The topological polar surface area (TPSA) is 84.9 Å². The summed E-state index contributed by atoms with van der Waals surface area (Å²) in [6.07, 6.45) is 4.25. The summed E-state index contributed by atoms with van der Waals surface area (Å²) in [5.41, 5.74) is 2.30. The molecule has 1 aromatic carbocycles. The minimum atomic E-state index is -0.441. The van der Waals surface area contributed by atoms with Crippen molar-refractivity contribution in [3.05, 3.63) is 29.1 Å². The van der Waals surface area contributed by atoms with Gasteiger partial charge in [-0.05, 0) is 44.2 Å². The normalized spacial score (nSPS) is 28.7. The lowest BCUT2D eigenvalue weighted by Gasteiger charge is -2.45. The molecule has 170 valence electrons. The first kappa shape index (κ1) is 22.0. The summed E-state index contributed by atoms with van der Waals surface area (Å²) in [6, 6.07) is 3.01. The first-order valence-electron chi connectivity index (χ1n) is 11.3. The molecular weight excluding hydrogens is 399 g/mol. The Balaban J connectivity index is 1.33. The minimum Gasteiger partial charge on any atom is -0.394 e. The van der Waals surface area contributed by atoms with Crippen LogP contribution in [0.15, 0.2) is 12.1 Å². The van der Waals surface area contributed by atoms with Gasteiger partial charge in [-0.1, -0.05) is 6.07 Å². The molecule has 8 heteroatoms. The molecule has 7 nitrogen and oxygen atoms in total. The lowest BCUT2D eigenvalue weighted by molar-refractivity contribution is -0.136. The predicted octanol–water partition coefficient (Wildman–Crippen LogP) is 1.42. The molecule has 3 aliphatic rings. The van der Waals surface area contributed by atoms with E-state index < -0.39 is 6.04 Å². The van der Waals surface area contributed by atoms with Gasteiger partial charge in [0.15, 0.2) is 0 Å². The number of benzene rings is 1. The highest BCUT2D eigenvalue weighted by atomic mass is 19.1. The van der Waals surface area contributed by atoms with Gasteiger partial charge in [0.1, 0.15) is 11.9 Å². The molecule has 2 aliphatic heterocycles. The third-order valence-corrected chi connectivity index (χ3v) is 7.15. The Bertz CT molecular complexity index is 817. The standard InChI is InChI=1S/C23H33FN4O3/c1-14-6-7-20(24)19-11-21(26-22(14)19)23(31)25-16-4-3-5-17(10-16)27-8-9-28(15(2)30)18(12-27)13-29/h6-7,16-18,21,26,29H,3-5,8-13H2,1-2H3,(H,25,31)/t16-,17+,18-,21?/m1/s1. The summed E-state index contributed by atoms with van der Waals surface area (Å²) in [6.45, 7) is 5.52. The molecule has 4 rings (SSSR count). The smallest absolute Gasteiger partial charge is 0.243 e. The maximum absolute atomic E-state index is 14.1. The second-order valence-electron chi connectivity index (χ2n) is 9.19. The van der Waals surface area contributed by atoms with Crippen LogP contribution in [0.3, 0.4) is 0 Å². The zero-order valence-corrected chi connectivity index (χ0v) is 18.4. The summed E-state index contributed by atoms with van der Waals surface area (Å²) in [7, 11) is 0. The van der Waals surface area contributed by atoms with Gasteiger partial charge in [0, 0.05) is 56.3 Å². The number of piperazine rings is 1. The summed E-state index contributed by atoms with van der Waals surface area (Å²) < 4.78 is 14.1. The van der Waals surface area contributed by atoms with E-state index >= 15 is 0 Å². The molecule has 0 radical (unpaired) electrons. The highest BCUT2D eigenvalue weighted by Gasteiger charge is 2.36. The van der Waals surface area contributed by atoms with E-state index in [9.17, 15) is 19.1 Å². The number of nitrogens with zero attached hydrogens (tertiary/aromatic N) is 2. The van der Waals surface area contributed by atoms with E-state index in [1.54, 1.807) is 17.9 Å². The van der Waals surface area contributed by atoms with Crippen LogP contribution in [0, 0.1) is 12.7 Å². The lowest BCUT2D eigenvalue weighted by Crippen LogP contribution is -2.59. The van der Waals surface area contributed by atoms with Gasteiger partial charge < -0.3 is 20.6 Å². The SMILES string of the molecule is CC(=O)N1CCN([C@H]2CCC[C@@H](NC(=O)C3Cc4c(F)ccc(C)c4N3)C2)C[C@@H]1CO. The van der Waals surface area contributed by atoms with Crippen molar-refractivity contribution in [3.8, 4) is 0 Å². The van der Waals surface area contributed by atoms with Gasteiger partial charge in [-0.2, -0.15) is 0 Å². The lowest BCUT2D eigenvalue weighted by atomic mass is 9.89. The average Bonchev–Trinajstić information content (AvgIpc) is 3.23. The molecule has 1 saturated heterocycles. The molecule has 2 fully saturated rings. The molecule has 1 saturated carbocycles. The maximum atomic E-state index is 14.1. The molecule has 4 atom stereocenters. The highest BCUT2D eigenvalue weighted by molar-refractivity contribution is 5.88. The summed E-state index contributed by atoms with van der Waals surface area (Å²) in [5, 5.41) is 16.1. The number of carbonyl (C=O) groups excluding carboxylic acids is 2. The van der Waals surface area contributed by atoms with Crippen molar-refractivity contribution in [2.75, 3.05) is 31.6 Å². The van der Waals surface area contributed by atoms with E-state index in [4.69, 9.17) is 0 Å². The number of aliphatic hydroxyl groups is 1. The largest absolute Gasteiger partial charge is 0.394 e. The molecule has 2 heterocycles. The highest BCUT2D eigenvalue weighted by Crippen LogP contribution is 2.32. The molecule has 2 amide bonds. The number of carbonyl (C=O) groups is 2. The fourth-order valence-corrected chi connectivity index (χ4v) is 5.44. The zero-order valence-electron chi connectivity index (χ0n) is 18.4. The Kier molecular flexibility index (Phi) is 6.48. The number of nitrogens with one attached hydrogen (secondary N) is 2. The molecule has 1 aliphatic carbocycles. The van der Waals surface area contributed by atoms with Crippen LogP contribution in [-0.4, -0.2) is 77.1 Å². The third kappa shape index (κ3) is 4.55. The predicted molar refractivity (Wildman–Crippen MR) is 116 cm³/mol. The van der Waals surface area contributed by atoms with Gasteiger partial charge in [-0.15, -0.1) is 0 Å². The average molecular weight is 433 g/mol. The van der Waals surface area contributed by atoms with Crippen molar-refractivity contribution in [2.24, 2.45) is 0 Å². The molecule has 1 aromatic rings. The van der Waals surface area contributed by atoms with E-state index in [1.165, 1.54) is 6.07 Å². The van der Waals surface area contributed by atoms with Crippen molar-refractivity contribution < 1.29 is 19.1 Å². The van der Waals surface area contributed by atoms with Gasteiger partial charge in [0.25, 0.3) is 0 Å². The van der Waals surface area contributed by atoms with Crippen molar-refractivity contribution in [2.45, 2.75) is 70.1 Å². The Morgan fingerprint density at radius 2 is 2.10 bits per heavy atom. The second-order valence-corrected chi connectivity index (χ2v) is 9.19. The number of aryl methyl sites for hydroxylation is 1. The Morgan fingerprint density at radius 3 is 2.81 bits per heavy atom. The van der Waals surface area contributed by atoms with E-state index in [2.05, 4.69) is 15.5 Å². The third-order valence-electron chi connectivity index (χ3n) is 7.15. The number of hydrogen-bond acceptors (Lipinski definition) is 5. The molecule has 0 aromatic heterocycles. The fourth-order valence-electron chi connectivity index (χ4n) is 5.44. The van der Waals surface area contributed by atoms with E-state index in [0.717, 1.165) is 43.5 Å². The zero-order chi connectivity index (χ0) is 22.1. The van der Waals surface area contributed by atoms with E-state index in [1.807, 2.05) is 6.92 Å². The first-order chi connectivity index (χ1) is 14.9. The number of amides is 2. The number of halogens is 1.